The highest BCUT2D eigenvalue weighted by Gasteiger charge is 2.25. The standard InChI is InChI=1S/C14H28N2O5S/c1-11(2)21-13(9-16(3)22(4,18)19)10-20-14(17)12-5-7-15-8-6-12/h11-13,15H,5-10H2,1-4H3/t13-/m0/s1. The Morgan fingerprint density at radius 2 is 1.91 bits per heavy atom. The van der Waals surface area contributed by atoms with Gasteiger partial charge in [0.2, 0.25) is 10.0 Å². The molecular weight excluding hydrogens is 308 g/mol. The molecule has 0 aromatic carbocycles. The summed E-state index contributed by atoms with van der Waals surface area (Å²) in [7, 11) is -1.80. The number of hydrogen-bond acceptors (Lipinski definition) is 6. The first-order valence-electron chi connectivity index (χ1n) is 7.64. The van der Waals surface area contributed by atoms with Crippen LogP contribution in [-0.2, 0) is 24.3 Å². The van der Waals surface area contributed by atoms with E-state index in [0.717, 1.165) is 32.2 Å². The van der Waals surface area contributed by atoms with Crippen LogP contribution in [-0.4, -0.2) is 70.4 Å². The van der Waals surface area contributed by atoms with Crippen LogP contribution >= 0.6 is 0 Å². The summed E-state index contributed by atoms with van der Waals surface area (Å²) >= 11 is 0. The molecule has 22 heavy (non-hydrogen) atoms. The van der Waals surface area contributed by atoms with E-state index in [4.69, 9.17) is 9.47 Å². The molecule has 0 aromatic heterocycles. The number of esters is 1. The van der Waals surface area contributed by atoms with Crippen LogP contribution in [0.5, 0.6) is 0 Å². The second-order valence-corrected chi connectivity index (χ2v) is 8.09. The van der Waals surface area contributed by atoms with Gasteiger partial charge in [-0.3, -0.25) is 4.79 Å². The van der Waals surface area contributed by atoms with Crippen molar-refractivity contribution >= 4 is 16.0 Å². The van der Waals surface area contributed by atoms with Crippen LogP contribution in [0.1, 0.15) is 26.7 Å². The fourth-order valence-electron chi connectivity index (χ4n) is 2.29. The molecule has 0 unspecified atom stereocenters. The zero-order valence-corrected chi connectivity index (χ0v) is 14.7. The lowest BCUT2D eigenvalue weighted by Gasteiger charge is -2.26. The SMILES string of the molecule is CC(C)O[C@H](COC(=O)C1CCNCC1)CN(C)S(C)(=O)=O. The molecule has 1 rings (SSSR count). The quantitative estimate of drug-likeness (QED) is 0.638. The minimum atomic E-state index is -3.29. The maximum atomic E-state index is 12.0. The average Bonchev–Trinajstić information content (AvgIpc) is 2.43. The lowest BCUT2D eigenvalue weighted by molar-refractivity contribution is -0.155. The molecule has 0 saturated carbocycles. The fourth-order valence-corrected chi connectivity index (χ4v) is 2.73. The summed E-state index contributed by atoms with van der Waals surface area (Å²) in [6.45, 7) is 5.60. The van der Waals surface area contributed by atoms with Crippen molar-refractivity contribution in [2.45, 2.75) is 38.9 Å². The normalized spacial score (nSPS) is 18.6. The van der Waals surface area contributed by atoms with Crippen molar-refractivity contribution in [3.8, 4) is 0 Å². The number of nitrogens with one attached hydrogen (secondary N) is 1. The maximum absolute atomic E-state index is 12.0. The first-order valence-corrected chi connectivity index (χ1v) is 9.49. The molecule has 1 fully saturated rings. The maximum Gasteiger partial charge on any atom is 0.309 e. The summed E-state index contributed by atoms with van der Waals surface area (Å²) in [5, 5.41) is 3.20. The Kier molecular flexibility index (Phi) is 7.75. The third-order valence-electron chi connectivity index (χ3n) is 3.58. The molecule has 8 heteroatoms. The molecule has 0 aromatic rings. The average molecular weight is 336 g/mol. The molecule has 7 nitrogen and oxygen atoms in total. The van der Waals surface area contributed by atoms with Crippen molar-refractivity contribution in [2.24, 2.45) is 5.92 Å². The van der Waals surface area contributed by atoms with Gasteiger partial charge in [-0.1, -0.05) is 0 Å². The van der Waals surface area contributed by atoms with Gasteiger partial charge in [-0.15, -0.1) is 0 Å². The van der Waals surface area contributed by atoms with Crippen LogP contribution in [0.25, 0.3) is 0 Å². The van der Waals surface area contributed by atoms with Gasteiger partial charge in [0, 0.05) is 13.6 Å². The highest BCUT2D eigenvalue weighted by Crippen LogP contribution is 2.14. The van der Waals surface area contributed by atoms with Crippen LogP contribution in [0.15, 0.2) is 0 Å². The number of likely N-dealkylation sites (N-methyl/N-ethyl adjacent to an activating group) is 1. The summed E-state index contributed by atoms with van der Waals surface area (Å²) in [5.41, 5.74) is 0. The van der Waals surface area contributed by atoms with Crippen molar-refractivity contribution in [1.29, 1.82) is 0 Å². The van der Waals surface area contributed by atoms with Gasteiger partial charge in [0.05, 0.1) is 18.3 Å². The van der Waals surface area contributed by atoms with E-state index >= 15 is 0 Å². The molecule has 0 bridgehead atoms. The highest BCUT2D eigenvalue weighted by molar-refractivity contribution is 7.88. The first-order chi connectivity index (χ1) is 10.2. The number of ether oxygens (including phenoxy) is 2. The predicted molar refractivity (Wildman–Crippen MR) is 84.0 cm³/mol. The topological polar surface area (TPSA) is 84.9 Å². The van der Waals surface area contributed by atoms with E-state index in [2.05, 4.69) is 5.32 Å². The summed E-state index contributed by atoms with van der Waals surface area (Å²) in [6.07, 6.45) is 2.15. The van der Waals surface area contributed by atoms with Crippen molar-refractivity contribution in [3.05, 3.63) is 0 Å². The first kappa shape index (κ1) is 19.3. The Hall–Kier alpha value is -0.700. The summed E-state index contributed by atoms with van der Waals surface area (Å²) in [6, 6.07) is 0. The van der Waals surface area contributed by atoms with Gasteiger partial charge >= 0.3 is 5.97 Å². The number of sulfonamides is 1. The smallest absolute Gasteiger partial charge is 0.309 e. The van der Waals surface area contributed by atoms with Gasteiger partial charge in [0.1, 0.15) is 12.7 Å². The molecule has 1 saturated heterocycles. The van der Waals surface area contributed by atoms with E-state index in [1.807, 2.05) is 13.8 Å². The minimum absolute atomic E-state index is 0.0702. The molecule has 1 N–H and O–H groups in total. The number of carbonyl (C=O) groups is 1. The van der Waals surface area contributed by atoms with Crippen molar-refractivity contribution in [3.63, 3.8) is 0 Å². The molecule has 0 aliphatic carbocycles. The highest BCUT2D eigenvalue weighted by atomic mass is 32.2. The van der Waals surface area contributed by atoms with E-state index in [1.54, 1.807) is 0 Å². The molecule has 0 radical (unpaired) electrons. The lowest BCUT2D eigenvalue weighted by atomic mass is 9.99. The number of nitrogens with zero attached hydrogens (tertiary/aromatic N) is 1. The second kappa shape index (κ2) is 8.81. The van der Waals surface area contributed by atoms with E-state index in [-0.39, 0.29) is 31.1 Å². The van der Waals surface area contributed by atoms with Crippen LogP contribution < -0.4 is 5.32 Å². The van der Waals surface area contributed by atoms with Crippen LogP contribution in [0, 0.1) is 5.92 Å². The molecule has 1 heterocycles. The number of rotatable bonds is 8. The van der Waals surface area contributed by atoms with Gasteiger partial charge in [-0.2, -0.15) is 0 Å². The largest absolute Gasteiger partial charge is 0.463 e. The van der Waals surface area contributed by atoms with Crippen LogP contribution in [0.3, 0.4) is 0 Å². The molecule has 1 aliphatic heterocycles. The molecule has 1 aliphatic rings. The monoisotopic (exact) mass is 336 g/mol. The van der Waals surface area contributed by atoms with E-state index in [9.17, 15) is 13.2 Å². The van der Waals surface area contributed by atoms with Crippen LogP contribution in [0.4, 0.5) is 0 Å². The van der Waals surface area contributed by atoms with Crippen LogP contribution in [0.2, 0.25) is 0 Å². The summed E-state index contributed by atoms with van der Waals surface area (Å²) < 4.78 is 35.2. The molecule has 0 spiro atoms. The van der Waals surface area contributed by atoms with E-state index in [1.165, 1.54) is 11.4 Å². The summed E-state index contributed by atoms with van der Waals surface area (Å²) in [5.74, 6) is -0.297. The van der Waals surface area contributed by atoms with E-state index in [0.29, 0.717) is 0 Å². The van der Waals surface area contributed by atoms with Gasteiger partial charge < -0.3 is 14.8 Å². The molecule has 130 valence electrons. The van der Waals surface area contributed by atoms with Gasteiger partial charge in [-0.05, 0) is 39.8 Å². The van der Waals surface area contributed by atoms with Crippen molar-refractivity contribution in [2.75, 3.05) is 39.5 Å². The van der Waals surface area contributed by atoms with Gasteiger partial charge in [0.25, 0.3) is 0 Å². The minimum Gasteiger partial charge on any atom is -0.463 e. The zero-order valence-electron chi connectivity index (χ0n) is 13.9. The zero-order chi connectivity index (χ0) is 16.8. The molecular formula is C14H28N2O5S. The fraction of sp³-hybridized carbons (Fsp3) is 0.929. The van der Waals surface area contributed by atoms with E-state index < -0.39 is 16.1 Å². The Morgan fingerprint density at radius 1 is 1.32 bits per heavy atom. The number of carbonyl (C=O) groups excluding carboxylic acids is 1. The third kappa shape index (κ3) is 7.04. The Morgan fingerprint density at radius 3 is 2.41 bits per heavy atom. The second-order valence-electron chi connectivity index (χ2n) is 6.00. The number of piperidine rings is 1. The van der Waals surface area contributed by atoms with Gasteiger partial charge in [-0.25, -0.2) is 12.7 Å². The Bertz CT molecular complexity index is 446. The third-order valence-corrected chi connectivity index (χ3v) is 4.86. The Balaban J connectivity index is 2.51. The predicted octanol–water partition coefficient (Wildman–Crippen LogP) is 0.214. The van der Waals surface area contributed by atoms with Crippen molar-refractivity contribution in [1.82, 2.24) is 9.62 Å². The molecule has 0 amide bonds. The lowest BCUT2D eigenvalue weighted by Crippen LogP contribution is -2.40. The molecule has 1 atom stereocenters. The Labute approximate surface area is 133 Å². The van der Waals surface area contributed by atoms with Crippen molar-refractivity contribution < 1.29 is 22.7 Å². The summed E-state index contributed by atoms with van der Waals surface area (Å²) in [4.78, 5) is 12.0. The number of hydrogen-bond donors (Lipinski definition) is 1. The van der Waals surface area contributed by atoms with Gasteiger partial charge in [0.15, 0.2) is 0 Å².